The summed E-state index contributed by atoms with van der Waals surface area (Å²) < 4.78 is 0. The molecule has 0 aromatic carbocycles. The lowest BCUT2D eigenvalue weighted by molar-refractivity contribution is 0.0696. The van der Waals surface area contributed by atoms with E-state index in [2.05, 4.69) is 4.98 Å². The molecule has 1 aromatic heterocycles. The second kappa shape index (κ2) is 2.69. The molecule has 0 saturated carbocycles. The van der Waals surface area contributed by atoms with Crippen LogP contribution < -0.4 is 11.2 Å². The first-order chi connectivity index (χ1) is 5.52. The Bertz CT molecular complexity index is 381. The first kappa shape index (κ1) is 8.32. The van der Waals surface area contributed by atoms with Crippen LogP contribution in [0.4, 0.5) is 5.82 Å². The van der Waals surface area contributed by atoms with Crippen LogP contribution in [0, 0.1) is 6.92 Å². The number of carboxylic acid groups (broad SMARTS) is 1. The standard InChI is InChI=1S/C7H8N2O3/c1-3-2-4(10)5(7(11)12)6(8)9-3/h2H,1H3,(H,11,12)(H3,8,9,10). The highest BCUT2D eigenvalue weighted by Gasteiger charge is 2.12. The van der Waals surface area contributed by atoms with E-state index in [1.807, 2.05) is 0 Å². The number of carbonyl (C=O) groups is 1. The highest BCUT2D eigenvalue weighted by molar-refractivity contribution is 5.92. The minimum Gasteiger partial charge on any atom is -0.477 e. The number of anilines is 1. The van der Waals surface area contributed by atoms with Crippen LogP contribution in [-0.2, 0) is 0 Å². The summed E-state index contributed by atoms with van der Waals surface area (Å²) in [6.07, 6.45) is 0. The normalized spacial score (nSPS) is 9.75. The largest absolute Gasteiger partial charge is 0.477 e. The molecule has 1 aromatic rings. The first-order valence-electron chi connectivity index (χ1n) is 3.25. The van der Waals surface area contributed by atoms with Crippen LogP contribution in [0.1, 0.15) is 16.1 Å². The van der Waals surface area contributed by atoms with Crippen molar-refractivity contribution in [1.29, 1.82) is 0 Å². The number of aromatic nitrogens is 1. The van der Waals surface area contributed by atoms with Crippen LogP contribution in [0.25, 0.3) is 0 Å². The monoisotopic (exact) mass is 168 g/mol. The van der Waals surface area contributed by atoms with Crippen molar-refractivity contribution in [2.24, 2.45) is 0 Å². The molecular weight excluding hydrogens is 160 g/mol. The minimum absolute atomic E-state index is 0.104. The number of H-pyrrole nitrogens is 1. The third-order valence-electron chi connectivity index (χ3n) is 1.41. The third-order valence-corrected chi connectivity index (χ3v) is 1.41. The van der Waals surface area contributed by atoms with E-state index in [9.17, 15) is 9.59 Å². The summed E-state index contributed by atoms with van der Waals surface area (Å²) >= 11 is 0. The molecule has 0 aliphatic rings. The smallest absolute Gasteiger partial charge is 0.343 e. The Kier molecular flexibility index (Phi) is 1.86. The predicted octanol–water partition coefficient (Wildman–Crippen LogP) is -0.0363. The quantitative estimate of drug-likeness (QED) is 0.548. The average molecular weight is 168 g/mol. The molecule has 5 heteroatoms. The van der Waals surface area contributed by atoms with Gasteiger partial charge in [0.15, 0.2) is 5.43 Å². The first-order valence-corrected chi connectivity index (χ1v) is 3.25. The summed E-state index contributed by atoms with van der Waals surface area (Å²) in [6.45, 7) is 1.63. The number of aromatic amines is 1. The Morgan fingerprint density at radius 1 is 1.67 bits per heavy atom. The summed E-state index contributed by atoms with van der Waals surface area (Å²) in [5.41, 5.74) is 4.86. The van der Waals surface area contributed by atoms with Crippen molar-refractivity contribution in [1.82, 2.24) is 4.98 Å². The van der Waals surface area contributed by atoms with Crippen LogP contribution >= 0.6 is 0 Å². The molecule has 5 nitrogen and oxygen atoms in total. The van der Waals surface area contributed by atoms with E-state index in [1.54, 1.807) is 6.92 Å². The van der Waals surface area contributed by atoms with Crippen molar-refractivity contribution in [2.75, 3.05) is 5.73 Å². The summed E-state index contributed by atoms with van der Waals surface area (Å²) in [4.78, 5) is 24.0. The second-order valence-electron chi connectivity index (χ2n) is 2.41. The molecule has 12 heavy (non-hydrogen) atoms. The molecule has 0 aliphatic heterocycles. The number of hydrogen-bond donors (Lipinski definition) is 3. The van der Waals surface area contributed by atoms with Crippen molar-refractivity contribution < 1.29 is 9.90 Å². The lowest BCUT2D eigenvalue weighted by atomic mass is 10.2. The molecule has 0 amide bonds. The molecule has 1 rings (SSSR count). The van der Waals surface area contributed by atoms with Crippen molar-refractivity contribution in [2.45, 2.75) is 6.92 Å². The number of hydrogen-bond acceptors (Lipinski definition) is 3. The number of nitrogens with two attached hydrogens (primary N) is 1. The van der Waals surface area contributed by atoms with Gasteiger partial charge in [-0.05, 0) is 6.92 Å². The number of carboxylic acids is 1. The maximum Gasteiger partial charge on any atom is 0.343 e. The highest BCUT2D eigenvalue weighted by atomic mass is 16.4. The fourth-order valence-electron chi connectivity index (χ4n) is 0.933. The molecule has 0 fully saturated rings. The SMILES string of the molecule is Cc1cc(=O)c(C(=O)O)c(N)[nH]1. The zero-order chi connectivity index (χ0) is 9.30. The van der Waals surface area contributed by atoms with Gasteiger partial charge >= 0.3 is 5.97 Å². The van der Waals surface area contributed by atoms with E-state index < -0.39 is 17.0 Å². The fourth-order valence-corrected chi connectivity index (χ4v) is 0.933. The Morgan fingerprint density at radius 2 is 2.25 bits per heavy atom. The van der Waals surface area contributed by atoms with E-state index in [-0.39, 0.29) is 5.82 Å². The maximum atomic E-state index is 11.0. The molecule has 0 aliphatic carbocycles. The van der Waals surface area contributed by atoms with Crippen LogP contribution in [0.5, 0.6) is 0 Å². The number of aryl methyl sites for hydroxylation is 1. The minimum atomic E-state index is -1.31. The number of pyridine rings is 1. The summed E-state index contributed by atoms with van der Waals surface area (Å²) in [5.74, 6) is -1.42. The number of nitrogen functional groups attached to an aromatic ring is 1. The topological polar surface area (TPSA) is 96.2 Å². The van der Waals surface area contributed by atoms with Gasteiger partial charge < -0.3 is 15.8 Å². The fraction of sp³-hybridized carbons (Fsp3) is 0.143. The van der Waals surface area contributed by atoms with Gasteiger partial charge in [-0.25, -0.2) is 4.79 Å². The predicted molar refractivity (Wildman–Crippen MR) is 43.2 cm³/mol. The van der Waals surface area contributed by atoms with Gasteiger partial charge in [-0.1, -0.05) is 0 Å². The Hall–Kier alpha value is -1.78. The van der Waals surface area contributed by atoms with Gasteiger partial charge in [0.05, 0.1) is 0 Å². The van der Waals surface area contributed by atoms with Crippen molar-refractivity contribution in [3.05, 3.63) is 27.5 Å². The molecule has 4 N–H and O–H groups in total. The van der Waals surface area contributed by atoms with Gasteiger partial charge in [0.1, 0.15) is 11.4 Å². The molecule has 0 radical (unpaired) electrons. The lowest BCUT2D eigenvalue weighted by Gasteiger charge is -2.00. The molecule has 0 saturated heterocycles. The number of nitrogens with one attached hydrogen (secondary N) is 1. The number of aromatic carboxylic acids is 1. The summed E-state index contributed by atoms with van der Waals surface area (Å²) in [6, 6.07) is 1.19. The van der Waals surface area contributed by atoms with Gasteiger partial charge in [0.2, 0.25) is 0 Å². The van der Waals surface area contributed by atoms with E-state index in [4.69, 9.17) is 10.8 Å². The van der Waals surface area contributed by atoms with E-state index >= 15 is 0 Å². The van der Waals surface area contributed by atoms with Crippen molar-refractivity contribution in [3.63, 3.8) is 0 Å². The van der Waals surface area contributed by atoms with Gasteiger partial charge in [-0.3, -0.25) is 4.79 Å². The van der Waals surface area contributed by atoms with Crippen LogP contribution in [0.15, 0.2) is 10.9 Å². The summed E-state index contributed by atoms with van der Waals surface area (Å²) in [7, 11) is 0. The van der Waals surface area contributed by atoms with Crippen molar-refractivity contribution in [3.8, 4) is 0 Å². The molecule has 0 bridgehead atoms. The van der Waals surface area contributed by atoms with E-state index in [0.29, 0.717) is 5.69 Å². The van der Waals surface area contributed by atoms with E-state index in [0.717, 1.165) is 0 Å². The Balaban J connectivity index is 3.49. The van der Waals surface area contributed by atoms with Gasteiger partial charge in [-0.2, -0.15) is 0 Å². The molecule has 0 atom stereocenters. The van der Waals surface area contributed by atoms with Gasteiger partial charge in [-0.15, -0.1) is 0 Å². The maximum absolute atomic E-state index is 11.0. The molecule has 0 spiro atoms. The Morgan fingerprint density at radius 3 is 2.67 bits per heavy atom. The van der Waals surface area contributed by atoms with Crippen LogP contribution in [-0.4, -0.2) is 16.1 Å². The zero-order valence-electron chi connectivity index (χ0n) is 6.42. The Labute approximate surface area is 67.8 Å². The molecular formula is C7H8N2O3. The van der Waals surface area contributed by atoms with E-state index in [1.165, 1.54) is 6.07 Å². The van der Waals surface area contributed by atoms with Gasteiger partial charge in [0.25, 0.3) is 0 Å². The molecule has 1 heterocycles. The highest BCUT2D eigenvalue weighted by Crippen LogP contribution is 2.02. The third kappa shape index (κ3) is 1.29. The zero-order valence-corrected chi connectivity index (χ0v) is 6.42. The van der Waals surface area contributed by atoms with Crippen LogP contribution in [0.2, 0.25) is 0 Å². The molecule has 0 unspecified atom stereocenters. The average Bonchev–Trinajstić information content (AvgIpc) is 1.82. The van der Waals surface area contributed by atoms with Gasteiger partial charge in [0, 0.05) is 11.8 Å². The number of rotatable bonds is 1. The second-order valence-corrected chi connectivity index (χ2v) is 2.41. The van der Waals surface area contributed by atoms with Crippen LogP contribution in [0.3, 0.4) is 0 Å². The summed E-state index contributed by atoms with van der Waals surface area (Å²) in [5, 5.41) is 8.54. The molecule has 64 valence electrons. The van der Waals surface area contributed by atoms with Crippen molar-refractivity contribution >= 4 is 11.8 Å². The lowest BCUT2D eigenvalue weighted by Crippen LogP contribution is -2.18.